The molecule has 0 unspecified atom stereocenters. The summed E-state index contributed by atoms with van der Waals surface area (Å²) in [4.78, 5) is 2.29. The van der Waals surface area contributed by atoms with E-state index in [1.165, 1.54) is 4.90 Å². The molecule has 0 aromatic heterocycles. The molecule has 1 N–H and O–H groups in total. The van der Waals surface area contributed by atoms with Gasteiger partial charge in [0, 0.05) is 26.4 Å². The Morgan fingerprint density at radius 2 is 1.86 bits per heavy atom. The lowest BCUT2D eigenvalue weighted by molar-refractivity contribution is 0.550. The monoisotopic (exact) mass is 339 g/mol. The minimum Gasteiger partial charge on any atom is -0.312 e. The first-order valence-electron chi connectivity index (χ1n) is 6.98. The third-order valence-corrected chi connectivity index (χ3v) is 4.64. The molecule has 0 fully saturated rings. The third-order valence-electron chi connectivity index (χ3n) is 2.95. The second kappa shape index (κ2) is 8.09. The van der Waals surface area contributed by atoms with Crippen LogP contribution in [0.25, 0.3) is 0 Å². The maximum atomic E-state index is 6.36. The van der Waals surface area contributed by atoms with E-state index < -0.39 is 0 Å². The summed E-state index contributed by atoms with van der Waals surface area (Å²) in [6.07, 6.45) is 0. The van der Waals surface area contributed by atoms with Gasteiger partial charge in [0.1, 0.15) is 0 Å². The molecule has 4 heteroatoms. The Kier molecular flexibility index (Phi) is 6.43. The summed E-state index contributed by atoms with van der Waals surface area (Å²) in [5.41, 5.74) is 1.14. The zero-order valence-electron chi connectivity index (χ0n) is 12.2. The van der Waals surface area contributed by atoms with Crippen LogP contribution in [0.5, 0.6) is 0 Å². The number of benzene rings is 2. The predicted octanol–water partition coefficient (Wildman–Crippen LogP) is 5.89. The highest BCUT2D eigenvalue weighted by Gasteiger charge is 2.09. The number of halogens is 2. The Labute approximate surface area is 141 Å². The predicted molar refractivity (Wildman–Crippen MR) is 93.6 cm³/mol. The zero-order valence-corrected chi connectivity index (χ0v) is 14.5. The first-order chi connectivity index (χ1) is 10.1. The fourth-order valence-electron chi connectivity index (χ4n) is 1.95. The molecule has 0 aliphatic heterocycles. The smallest absolute Gasteiger partial charge is 0.0462 e. The summed E-state index contributed by atoms with van der Waals surface area (Å²) >= 11 is 14.1. The molecule has 0 amide bonds. The number of hydrogen-bond acceptors (Lipinski definition) is 2. The lowest BCUT2D eigenvalue weighted by Gasteiger charge is -2.13. The van der Waals surface area contributed by atoms with E-state index in [9.17, 15) is 0 Å². The van der Waals surface area contributed by atoms with Gasteiger partial charge in [-0.25, -0.2) is 0 Å². The van der Waals surface area contributed by atoms with Crippen molar-refractivity contribution in [2.45, 2.75) is 30.2 Å². The molecule has 0 bridgehead atoms. The summed E-state index contributed by atoms with van der Waals surface area (Å²) in [5.74, 6) is 0.622. The molecular formula is C17H19Cl2NS. The second-order valence-corrected chi connectivity index (χ2v) is 7.26. The van der Waals surface area contributed by atoms with Crippen molar-refractivity contribution in [3.8, 4) is 0 Å². The molecule has 2 rings (SSSR count). The Morgan fingerprint density at radius 1 is 1.10 bits per heavy atom. The highest BCUT2D eigenvalue weighted by Crippen LogP contribution is 2.34. The van der Waals surface area contributed by atoms with Crippen molar-refractivity contribution < 1.29 is 0 Å². The summed E-state index contributed by atoms with van der Waals surface area (Å²) in [6.45, 7) is 6.15. The Balaban J connectivity index is 2.16. The van der Waals surface area contributed by atoms with Crippen molar-refractivity contribution in [3.63, 3.8) is 0 Å². The Hall–Kier alpha value is -0.670. The maximum Gasteiger partial charge on any atom is 0.0462 e. The van der Waals surface area contributed by atoms with Crippen molar-refractivity contribution in [1.29, 1.82) is 0 Å². The van der Waals surface area contributed by atoms with Crippen LogP contribution in [0, 0.1) is 5.92 Å². The van der Waals surface area contributed by atoms with E-state index in [-0.39, 0.29) is 0 Å². The van der Waals surface area contributed by atoms with E-state index in [4.69, 9.17) is 23.2 Å². The molecule has 0 spiro atoms. The minimum atomic E-state index is 0.622. The Bertz CT molecular complexity index is 599. The van der Waals surface area contributed by atoms with Gasteiger partial charge in [-0.2, -0.15) is 0 Å². The lowest BCUT2D eigenvalue weighted by Crippen LogP contribution is -2.19. The highest BCUT2D eigenvalue weighted by atomic mass is 35.5. The molecule has 0 saturated heterocycles. The van der Waals surface area contributed by atoms with E-state index in [1.54, 1.807) is 11.8 Å². The normalized spacial score (nSPS) is 11.1. The number of hydrogen-bond donors (Lipinski definition) is 1. The largest absolute Gasteiger partial charge is 0.312 e. The van der Waals surface area contributed by atoms with Crippen LogP contribution in [0.1, 0.15) is 19.4 Å². The van der Waals surface area contributed by atoms with Gasteiger partial charge in [-0.15, -0.1) is 0 Å². The van der Waals surface area contributed by atoms with Crippen LogP contribution in [-0.4, -0.2) is 6.54 Å². The average molecular weight is 340 g/mol. The molecule has 0 aliphatic carbocycles. The molecule has 0 aliphatic rings. The van der Waals surface area contributed by atoms with E-state index in [0.717, 1.165) is 33.6 Å². The van der Waals surface area contributed by atoms with Gasteiger partial charge in [0.25, 0.3) is 0 Å². The fraction of sp³-hybridized carbons (Fsp3) is 0.294. The lowest BCUT2D eigenvalue weighted by atomic mass is 10.2. The second-order valence-electron chi connectivity index (χ2n) is 5.30. The van der Waals surface area contributed by atoms with Crippen LogP contribution in [-0.2, 0) is 6.54 Å². The molecule has 0 heterocycles. The molecular weight excluding hydrogens is 321 g/mol. The summed E-state index contributed by atoms with van der Waals surface area (Å²) in [6, 6.07) is 13.9. The van der Waals surface area contributed by atoms with Crippen molar-refractivity contribution >= 4 is 35.0 Å². The Morgan fingerprint density at radius 3 is 2.57 bits per heavy atom. The van der Waals surface area contributed by atoms with Gasteiger partial charge in [0.2, 0.25) is 0 Å². The molecule has 0 atom stereocenters. The maximum absolute atomic E-state index is 6.36. The summed E-state index contributed by atoms with van der Waals surface area (Å²) < 4.78 is 0. The van der Waals surface area contributed by atoms with E-state index in [0.29, 0.717) is 5.92 Å². The summed E-state index contributed by atoms with van der Waals surface area (Å²) in [7, 11) is 0. The van der Waals surface area contributed by atoms with Gasteiger partial charge in [0.15, 0.2) is 0 Å². The van der Waals surface area contributed by atoms with E-state index in [1.807, 2.05) is 30.3 Å². The van der Waals surface area contributed by atoms with Gasteiger partial charge in [-0.3, -0.25) is 0 Å². The standard InChI is InChI=1S/C17H19Cl2NS/c1-12(2)10-20-11-15-16(19)7-4-8-17(15)21-14-6-3-5-13(18)9-14/h3-9,12,20H,10-11H2,1-2H3. The third kappa shape index (κ3) is 5.23. The van der Waals surface area contributed by atoms with Crippen molar-refractivity contribution in [1.82, 2.24) is 5.32 Å². The average Bonchev–Trinajstić information content (AvgIpc) is 2.41. The van der Waals surface area contributed by atoms with E-state index in [2.05, 4.69) is 31.3 Å². The van der Waals surface area contributed by atoms with Crippen LogP contribution in [0.4, 0.5) is 0 Å². The van der Waals surface area contributed by atoms with Gasteiger partial charge in [-0.05, 0) is 48.4 Å². The molecule has 0 radical (unpaired) electrons. The quantitative estimate of drug-likeness (QED) is 0.704. The van der Waals surface area contributed by atoms with E-state index >= 15 is 0 Å². The van der Waals surface area contributed by atoms with Crippen LogP contribution in [0.3, 0.4) is 0 Å². The van der Waals surface area contributed by atoms with Gasteiger partial charge < -0.3 is 5.32 Å². The SMILES string of the molecule is CC(C)CNCc1c(Cl)cccc1Sc1cccc(Cl)c1. The molecule has 0 saturated carbocycles. The van der Waals surface area contributed by atoms with Crippen molar-refractivity contribution in [2.24, 2.45) is 5.92 Å². The van der Waals surface area contributed by atoms with Crippen LogP contribution >= 0.6 is 35.0 Å². The molecule has 1 nitrogen and oxygen atoms in total. The minimum absolute atomic E-state index is 0.622. The number of nitrogens with one attached hydrogen (secondary N) is 1. The molecule has 112 valence electrons. The molecule has 2 aromatic rings. The summed E-state index contributed by atoms with van der Waals surface area (Å²) in [5, 5.41) is 5.01. The van der Waals surface area contributed by atoms with Crippen molar-refractivity contribution in [3.05, 3.63) is 58.1 Å². The van der Waals surface area contributed by atoms with Gasteiger partial charge >= 0.3 is 0 Å². The number of rotatable bonds is 6. The van der Waals surface area contributed by atoms with Crippen molar-refractivity contribution in [2.75, 3.05) is 6.54 Å². The van der Waals surface area contributed by atoms with Crippen LogP contribution < -0.4 is 5.32 Å². The first-order valence-corrected chi connectivity index (χ1v) is 8.55. The van der Waals surface area contributed by atoms with Gasteiger partial charge in [-0.1, -0.05) is 60.9 Å². The first kappa shape index (κ1) is 16.7. The fourth-order valence-corrected chi connectivity index (χ4v) is 3.54. The van der Waals surface area contributed by atoms with Crippen LogP contribution in [0.15, 0.2) is 52.3 Å². The highest BCUT2D eigenvalue weighted by molar-refractivity contribution is 7.99. The molecule has 21 heavy (non-hydrogen) atoms. The van der Waals surface area contributed by atoms with Gasteiger partial charge in [0.05, 0.1) is 0 Å². The van der Waals surface area contributed by atoms with Crippen LogP contribution in [0.2, 0.25) is 10.0 Å². The zero-order chi connectivity index (χ0) is 15.2. The molecule has 2 aromatic carbocycles. The topological polar surface area (TPSA) is 12.0 Å².